The molecule has 2 heterocycles. The molecule has 4 nitrogen and oxygen atoms in total. The first-order valence-electron chi connectivity index (χ1n) is 7.51. The van der Waals surface area contributed by atoms with E-state index >= 15 is 0 Å². The fourth-order valence-electron chi connectivity index (χ4n) is 3.76. The number of hydrogen-bond acceptors (Lipinski definition) is 4. The van der Waals surface area contributed by atoms with Crippen LogP contribution in [0.1, 0.15) is 47.0 Å². The Hall–Kier alpha value is -0.160. The van der Waals surface area contributed by atoms with Gasteiger partial charge in [0.1, 0.15) is 0 Å². The Morgan fingerprint density at radius 3 is 2.37 bits per heavy atom. The maximum absolute atomic E-state index is 10.5. The molecule has 0 aliphatic carbocycles. The van der Waals surface area contributed by atoms with Gasteiger partial charge in [-0.05, 0) is 47.1 Å². The van der Waals surface area contributed by atoms with Gasteiger partial charge in [0.25, 0.3) is 0 Å². The van der Waals surface area contributed by atoms with E-state index in [1.807, 2.05) is 13.8 Å². The van der Waals surface area contributed by atoms with Gasteiger partial charge in [0, 0.05) is 18.5 Å². The Morgan fingerprint density at radius 1 is 1.16 bits per heavy atom. The normalized spacial score (nSPS) is 38.5. The first kappa shape index (κ1) is 15.2. The van der Waals surface area contributed by atoms with Crippen molar-refractivity contribution in [2.24, 2.45) is 5.92 Å². The summed E-state index contributed by atoms with van der Waals surface area (Å²) in [5.41, 5.74) is -0.807. The van der Waals surface area contributed by atoms with Crippen LogP contribution in [0.2, 0.25) is 0 Å². The Labute approximate surface area is 116 Å². The number of aliphatic hydroxyl groups is 2. The van der Waals surface area contributed by atoms with Crippen LogP contribution in [0.15, 0.2) is 0 Å². The third-order valence-electron chi connectivity index (χ3n) is 4.90. The van der Waals surface area contributed by atoms with Crippen molar-refractivity contribution >= 4 is 0 Å². The van der Waals surface area contributed by atoms with Gasteiger partial charge in [0.2, 0.25) is 0 Å². The summed E-state index contributed by atoms with van der Waals surface area (Å²) in [5, 5.41) is 20.0. The quantitative estimate of drug-likeness (QED) is 0.814. The first-order valence-corrected chi connectivity index (χ1v) is 7.51. The summed E-state index contributed by atoms with van der Waals surface area (Å²) in [4.78, 5) is 2.34. The lowest BCUT2D eigenvalue weighted by atomic mass is 9.83. The largest absolute Gasteiger partial charge is 0.395 e. The molecular weight excluding hydrogens is 242 g/mol. The number of ether oxygens (including phenoxy) is 1. The molecule has 0 aromatic carbocycles. The molecule has 2 aliphatic rings. The molecule has 0 spiro atoms. The highest BCUT2D eigenvalue weighted by molar-refractivity contribution is 5.03. The van der Waals surface area contributed by atoms with Crippen molar-refractivity contribution in [1.29, 1.82) is 0 Å². The second-order valence-electron chi connectivity index (χ2n) is 7.19. The molecule has 2 aliphatic heterocycles. The molecule has 0 amide bonds. The van der Waals surface area contributed by atoms with E-state index in [0.29, 0.717) is 0 Å². The topological polar surface area (TPSA) is 52.9 Å². The van der Waals surface area contributed by atoms with Crippen LogP contribution >= 0.6 is 0 Å². The fourth-order valence-corrected chi connectivity index (χ4v) is 3.76. The smallest absolute Gasteiger partial charge is 0.0896 e. The van der Waals surface area contributed by atoms with E-state index in [0.717, 1.165) is 19.5 Å². The molecule has 2 rings (SSSR count). The van der Waals surface area contributed by atoms with Crippen LogP contribution in [0.25, 0.3) is 0 Å². The van der Waals surface area contributed by atoms with E-state index in [2.05, 4.69) is 18.7 Å². The minimum atomic E-state index is -0.487. The van der Waals surface area contributed by atoms with Crippen molar-refractivity contribution in [3.63, 3.8) is 0 Å². The van der Waals surface area contributed by atoms with Crippen LogP contribution in [0.4, 0.5) is 0 Å². The molecule has 0 aromatic rings. The van der Waals surface area contributed by atoms with E-state index in [4.69, 9.17) is 4.74 Å². The van der Waals surface area contributed by atoms with Crippen LogP contribution in [0.3, 0.4) is 0 Å². The van der Waals surface area contributed by atoms with Crippen molar-refractivity contribution in [3.05, 3.63) is 0 Å². The minimum Gasteiger partial charge on any atom is -0.395 e. The van der Waals surface area contributed by atoms with Crippen molar-refractivity contribution in [3.8, 4) is 0 Å². The molecule has 3 unspecified atom stereocenters. The van der Waals surface area contributed by atoms with E-state index < -0.39 is 11.7 Å². The van der Waals surface area contributed by atoms with E-state index in [1.54, 1.807) is 0 Å². The Balaban J connectivity index is 2.08. The van der Waals surface area contributed by atoms with Gasteiger partial charge in [-0.3, -0.25) is 4.90 Å². The number of likely N-dealkylation sites (tertiary alicyclic amines) is 1. The molecule has 4 heteroatoms. The average molecular weight is 271 g/mol. The zero-order chi connectivity index (χ0) is 14.3. The zero-order valence-corrected chi connectivity index (χ0v) is 12.7. The summed E-state index contributed by atoms with van der Waals surface area (Å²) in [6.45, 7) is 10.1. The predicted octanol–water partition coefficient (Wildman–Crippen LogP) is 1.40. The van der Waals surface area contributed by atoms with Gasteiger partial charge < -0.3 is 14.9 Å². The van der Waals surface area contributed by atoms with Gasteiger partial charge in [-0.15, -0.1) is 0 Å². The lowest BCUT2D eigenvalue weighted by Gasteiger charge is -2.39. The van der Waals surface area contributed by atoms with Gasteiger partial charge in [0.15, 0.2) is 0 Å². The molecule has 2 N–H and O–H groups in total. The Morgan fingerprint density at radius 2 is 1.84 bits per heavy atom. The summed E-state index contributed by atoms with van der Waals surface area (Å²) in [5.74, 6) is 0.0923. The van der Waals surface area contributed by atoms with Gasteiger partial charge in [-0.25, -0.2) is 0 Å². The molecule has 2 fully saturated rings. The standard InChI is InChI=1S/C15H29NO3/c1-14(2)12(13(18)15(3,4)19-14)9-16-8-6-5-7-11(16)10-17/h11-13,17-18H,5-10H2,1-4H3. The average Bonchev–Trinajstić information content (AvgIpc) is 2.48. The molecule has 112 valence electrons. The monoisotopic (exact) mass is 271 g/mol. The van der Waals surface area contributed by atoms with Crippen molar-refractivity contribution < 1.29 is 14.9 Å². The van der Waals surface area contributed by atoms with Gasteiger partial charge >= 0.3 is 0 Å². The lowest BCUT2D eigenvalue weighted by Crippen LogP contribution is -2.49. The summed E-state index contributed by atoms with van der Waals surface area (Å²) in [6.07, 6.45) is 2.98. The second kappa shape index (κ2) is 5.32. The maximum atomic E-state index is 10.5. The second-order valence-corrected chi connectivity index (χ2v) is 7.19. The summed E-state index contributed by atoms with van der Waals surface area (Å²) in [7, 11) is 0. The third kappa shape index (κ3) is 2.97. The molecule has 3 atom stereocenters. The van der Waals surface area contributed by atoms with Gasteiger partial charge in [0.05, 0.1) is 23.9 Å². The van der Waals surface area contributed by atoms with E-state index in [9.17, 15) is 10.2 Å². The van der Waals surface area contributed by atoms with Crippen molar-refractivity contribution in [2.45, 2.75) is 70.3 Å². The molecule has 19 heavy (non-hydrogen) atoms. The lowest BCUT2D eigenvalue weighted by molar-refractivity contribution is -0.0918. The number of aliphatic hydroxyl groups excluding tert-OH is 2. The molecule has 0 saturated carbocycles. The van der Waals surface area contributed by atoms with Gasteiger partial charge in [-0.1, -0.05) is 6.42 Å². The van der Waals surface area contributed by atoms with E-state index in [1.165, 1.54) is 12.8 Å². The van der Waals surface area contributed by atoms with E-state index in [-0.39, 0.29) is 24.2 Å². The SMILES string of the molecule is CC1(C)OC(C)(C)C(CN2CCCCC2CO)C1O. The number of piperidine rings is 1. The van der Waals surface area contributed by atoms with Crippen LogP contribution in [0, 0.1) is 5.92 Å². The molecule has 2 saturated heterocycles. The summed E-state index contributed by atoms with van der Waals surface area (Å²) < 4.78 is 6.03. The highest BCUT2D eigenvalue weighted by atomic mass is 16.5. The Kier molecular flexibility index (Phi) is 4.26. The van der Waals surface area contributed by atoms with Crippen LogP contribution in [0.5, 0.6) is 0 Å². The zero-order valence-electron chi connectivity index (χ0n) is 12.7. The first-order chi connectivity index (χ1) is 8.78. The maximum Gasteiger partial charge on any atom is 0.0896 e. The van der Waals surface area contributed by atoms with Crippen LogP contribution < -0.4 is 0 Å². The predicted molar refractivity (Wildman–Crippen MR) is 75.0 cm³/mol. The Bertz CT molecular complexity index is 317. The summed E-state index contributed by atoms with van der Waals surface area (Å²) >= 11 is 0. The highest BCUT2D eigenvalue weighted by Gasteiger charge is 2.53. The van der Waals surface area contributed by atoms with Crippen molar-refractivity contribution in [1.82, 2.24) is 4.90 Å². The number of hydrogen-bond donors (Lipinski definition) is 2. The third-order valence-corrected chi connectivity index (χ3v) is 4.90. The fraction of sp³-hybridized carbons (Fsp3) is 1.00. The van der Waals surface area contributed by atoms with Crippen molar-refractivity contribution in [2.75, 3.05) is 19.7 Å². The van der Waals surface area contributed by atoms with Gasteiger partial charge in [-0.2, -0.15) is 0 Å². The highest BCUT2D eigenvalue weighted by Crippen LogP contribution is 2.43. The molecular formula is C15H29NO3. The molecule has 0 radical (unpaired) electrons. The number of rotatable bonds is 3. The number of nitrogens with zero attached hydrogens (tertiary/aromatic N) is 1. The van der Waals surface area contributed by atoms with Crippen LogP contribution in [-0.4, -0.2) is 58.2 Å². The molecule has 0 bridgehead atoms. The van der Waals surface area contributed by atoms with Crippen LogP contribution in [-0.2, 0) is 4.74 Å². The summed E-state index contributed by atoms with van der Waals surface area (Å²) in [6, 6.07) is 0.250. The minimum absolute atomic E-state index is 0.0923. The molecule has 0 aromatic heterocycles.